The lowest BCUT2D eigenvalue weighted by Gasteiger charge is -2.12. The summed E-state index contributed by atoms with van der Waals surface area (Å²) in [5.41, 5.74) is 3.35. The molecule has 0 aliphatic heterocycles. The van der Waals surface area contributed by atoms with Gasteiger partial charge in [0.15, 0.2) is 0 Å². The summed E-state index contributed by atoms with van der Waals surface area (Å²) >= 11 is 3.56. The molecule has 1 aromatic carbocycles. The fourth-order valence-electron chi connectivity index (χ4n) is 1.92. The van der Waals surface area contributed by atoms with Gasteiger partial charge in [0.2, 0.25) is 5.88 Å². The molecule has 19 heavy (non-hydrogen) atoms. The van der Waals surface area contributed by atoms with Crippen LogP contribution in [0, 0.1) is 13.8 Å². The third-order valence-corrected chi connectivity index (χ3v) is 4.09. The number of aromatic nitrogens is 1. The third kappa shape index (κ3) is 3.33. The van der Waals surface area contributed by atoms with Gasteiger partial charge in [0, 0.05) is 22.8 Å². The lowest BCUT2D eigenvalue weighted by molar-refractivity contribution is 0.453. The number of nitrogens with one attached hydrogen (secondary N) is 1. The van der Waals surface area contributed by atoms with E-state index in [1.54, 1.807) is 6.20 Å². The molecule has 3 nitrogen and oxygen atoms in total. The van der Waals surface area contributed by atoms with Gasteiger partial charge < -0.3 is 10.1 Å². The molecule has 4 heteroatoms. The summed E-state index contributed by atoms with van der Waals surface area (Å²) in [5, 5.41) is 3.11. The van der Waals surface area contributed by atoms with Gasteiger partial charge in [-0.05, 0) is 50.2 Å². The molecule has 1 heterocycles. The van der Waals surface area contributed by atoms with Gasteiger partial charge in [-0.15, -0.1) is 0 Å². The van der Waals surface area contributed by atoms with E-state index < -0.39 is 0 Å². The molecule has 100 valence electrons. The Bertz CT molecular complexity index is 561. The van der Waals surface area contributed by atoms with Crippen molar-refractivity contribution in [3.05, 3.63) is 51.6 Å². The van der Waals surface area contributed by atoms with E-state index in [-0.39, 0.29) is 0 Å². The predicted molar refractivity (Wildman–Crippen MR) is 80.7 cm³/mol. The van der Waals surface area contributed by atoms with Crippen LogP contribution in [0.15, 0.2) is 34.9 Å². The van der Waals surface area contributed by atoms with E-state index in [0.717, 1.165) is 33.5 Å². The van der Waals surface area contributed by atoms with Gasteiger partial charge >= 0.3 is 0 Å². The number of ether oxygens (including phenoxy) is 1. The van der Waals surface area contributed by atoms with Crippen LogP contribution in [0.1, 0.15) is 16.7 Å². The summed E-state index contributed by atoms with van der Waals surface area (Å²) in [6.07, 6.45) is 1.74. The van der Waals surface area contributed by atoms with Gasteiger partial charge in [-0.3, -0.25) is 0 Å². The van der Waals surface area contributed by atoms with Crippen LogP contribution in [0.2, 0.25) is 0 Å². The smallest absolute Gasteiger partial charge is 0.223 e. The number of pyridine rings is 1. The van der Waals surface area contributed by atoms with Gasteiger partial charge in [0.05, 0.1) is 0 Å². The summed E-state index contributed by atoms with van der Waals surface area (Å²) in [5.74, 6) is 1.47. The third-order valence-electron chi connectivity index (χ3n) is 2.84. The van der Waals surface area contributed by atoms with E-state index in [1.165, 1.54) is 0 Å². The van der Waals surface area contributed by atoms with Gasteiger partial charge in [-0.25, -0.2) is 4.98 Å². The van der Waals surface area contributed by atoms with Crippen molar-refractivity contribution in [2.75, 3.05) is 7.05 Å². The number of hydrogen-bond acceptors (Lipinski definition) is 3. The Hall–Kier alpha value is -1.39. The van der Waals surface area contributed by atoms with Gasteiger partial charge in [-0.2, -0.15) is 0 Å². The van der Waals surface area contributed by atoms with Gasteiger partial charge in [0.1, 0.15) is 5.75 Å². The first-order chi connectivity index (χ1) is 9.11. The molecule has 0 unspecified atom stereocenters. The first-order valence-electron chi connectivity index (χ1n) is 6.15. The lowest BCUT2D eigenvalue weighted by atomic mass is 10.1. The molecule has 1 aromatic heterocycles. The molecule has 0 aliphatic carbocycles. The van der Waals surface area contributed by atoms with Crippen LogP contribution in [-0.4, -0.2) is 12.0 Å². The van der Waals surface area contributed by atoms with Crippen LogP contribution in [-0.2, 0) is 6.54 Å². The Morgan fingerprint density at radius 1 is 1.26 bits per heavy atom. The van der Waals surface area contributed by atoms with E-state index in [1.807, 2.05) is 31.3 Å². The van der Waals surface area contributed by atoms with Crippen LogP contribution in [0.25, 0.3) is 0 Å². The van der Waals surface area contributed by atoms with Crippen molar-refractivity contribution in [2.45, 2.75) is 20.4 Å². The normalized spacial score (nSPS) is 10.5. The molecule has 0 fully saturated rings. The van der Waals surface area contributed by atoms with Crippen molar-refractivity contribution in [3.8, 4) is 11.6 Å². The number of halogens is 1. The van der Waals surface area contributed by atoms with Crippen LogP contribution >= 0.6 is 15.9 Å². The molecule has 0 amide bonds. The molecule has 2 rings (SSSR count). The van der Waals surface area contributed by atoms with Crippen LogP contribution in [0.3, 0.4) is 0 Å². The van der Waals surface area contributed by atoms with Crippen molar-refractivity contribution in [1.29, 1.82) is 0 Å². The Balaban J connectivity index is 2.31. The summed E-state index contributed by atoms with van der Waals surface area (Å²) in [4.78, 5) is 4.30. The maximum Gasteiger partial charge on any atom is 0.223 e. The zero-order valence-corrected chi connectivity index (χ0v) is 12.9. The number of aryl methyl sites for hydroxylation is 2. The maximum absolute atomic E-state index is 5.91. The fraction of sp³-hybridized carbons (Fsp3) is 0.267. The molecular weight excluding hydrogens is 304 g/mol. The average molecular weight is 321 g/mol. The molecule has 0 saturated carbocycles. The molecule has 0 saturated heterocycles. The fourth-order valence-corrected chi connectivity index (χ4v) is 2.15. The minimum Gasteiger partial charge on any atom is -0.439 e. The minimum atomic E-state index is 0.651. The standard InChI is InChI=1S/C15H17BrN2O/c1-10-7-13(8-11(2)14(10)16)19-15-12(9-17-3)5-4-6-18-15/h4-8,17H,9H2,1-3H3. The Labute approximate surface area is 122 Å². The van der Waals surface area contributed by atoms with Crippen molar-refractivity contribution in [1.82, 2.24) is 10.3 Å². The van der Waals surface area contributed by atoms with Crippen LogP contribution in [0.5, 0.6) is 11.6 Å². The summed E-state index contributed by atoms with van der Waals surface area (Å²) in [6, 6.07) is 7.94. The monoisotopic (exact) mass is 320 g/mol. The van der Waals surface area contributed by atoms with Crippen LogP contribution < -0.4 is 10.1 Å². The zero-order chi connectivity index (χ0) is 13.8. The van der Waals surface area contributed by atoms with E-state index in [9.17, 15) is 0 Å². The Morgan fingerprint density at radius 2 is 1.95 bits per heavy atom. The highest BCUT2D eigenvalue weighted by atomic mass is 79.9. The Morgan fingerprint density at radius 3 is 2.58 bits per heavy atom. The summed E-state index contributed by atoms with van der Waals surface area (Å²) < 4.78 is 7.03. The summed E-state index contributed by atoms with van der Waals surface area (Å²) in [6.45, 7) is 4.84. The molecule has 0 aliphatic rings. The van der Waals surface area contributed by atoms with Crippen molar-refractivity contribution in [2.24, 2.45) is 0 Å². The highest BCUT2D eigenvalue weighted by Gasteiger charge is 2.08. The maximum atomic E-state index is 5.91. The minimum absolute atomic E-state index is 0.651. The number of rotatable bonds is 4. The number of nitrogens with zero attached hydrogens (tertiary/aromatic N) is 1. The van der Waals surface area contributed by atoms with E-state index in [0.29, 0.717) is 5.88 Å². The highest BCUT2D eigenvalue weighted by Crippen LogP contribution is 2.29. The van der Waals surface area contributed by atoms with Gasteiger partial charge in [-0.1, -0.05) is 22.0 Å². The largest absolute Gasteiger partial charge is 0.439 e. The average Bonchev–Trinajstić information content (AvgIpc) is 2.38. The lowest BCUT2D eigenvalue weighted by Crippen LogP contribution is -2.07. The first kappa shape index (κ1) is 14.0. The predicted octanol–water partition coefficient (Wildman–Crippen LogP) is 3.97. The van der Waals surface area contributed by atoms with Gasteiger partial charge in [0.25, 0.3) is 0 Å². The SMILES string of the molecule is CNCc1cccnc1Oc1cc(C)c(Br)c(C)c1. The topological polar surface area (TPSA) is 34.2 Å². The molecule has 2 aromatic rings. The molecular formula is C15H17BrN2O. The second-order valence-electron chi connectivity index (χ2n) is 4.47. The second-order valence-corrected chi connectivity index (χ2v) is 5.26. The molecule has 0 atom stereocenters. The zero-order valence-electron chi connectivity index (χ0n) is 11.3. The first-order valence-corrected chi connectivity index (χ1v) is 6.94. The van der Waals surface area contributed by atoms with Crippen molar-refractivity contribution < 1.29 is 4.74 Å². The highest BCUT2D eigenvalue weighted by molar-refractivity contribution is 9.10. The van der Waals surface area contributed by atoms with E-state index >= 15 is 0 Å². The number of benzene rings is 1. The quantitative estimate of drug-likeness (QED) is 0.925. The van der Waals surface area contributed by atoms with E-state index in [2.05, 4.69) is 40.1 Å². The second kappa shape index (κ2) is 6.17. The molecule has 0 radical (unpaired) electrons. The molecule has 0 bridgehead atoms. The molecule has 0 spiro atoms. The number of hydrogen-bond donors (Lipinski definition) is 1. The van der Waals surface area contributed by atoms with Crippen molar-refractivity contribution >= 4 is 15.9 Å². The summed E-state index contributed by atoms with van der Waals surface area (Å²) in [7, 11) is 1.91. The van der Waals surface area contributed by atoms with Crippen LogP contribution in [0.4, 0.5) is 0 Å². The molecule has 1 N–H and O–H groups in total. The van der Waals surface area contributed by atoms with E-state index in [4.69, 9.17) is 4.74 Å². The van der Waals surface area contributed by atoms with Crippen molar-refractivity contribution in [3.63, 3.8) is 0 Å². The Kier molecular flexibility index (Phi) is 4.56.